The Kier molecular flexibility index (Phi) is 6.81. The molecule has 0 spiro atoms. The van der Waals surface area contributed by atoms with Crippen LogP contribution < -0.4 is 10.6 Å². The molecule has 0 bridgehead atoms. The molecule has 3 aromatic rings. The van der Waals surface area contributed by atoms with Crippen LogP contribution in [0.4, 0.5) is 24.5 Å². The molecule has 30 heavy (non-hydrogen) atoms. The summed E-state index contributed by atoms with van der Waals surface area (Å²) in [7, 11) is 0. The first-order valence-electron chi connectivity index (χ1n) is 7.92. The maximum absolute atomic E-state index is 12.5. The number of hydrogen-bond acceptors (Lipinski definition) is 6. The lowest BCUT2D eigenvalue weighted by atomic mass is 10.1. The number of carboxylic acids is 1. The summed E-state index contributed by atoms with van der Waals surface area (Å²) in [6, 6.07) is 10.8. The predicted octanol–water partition coefficient (Wildman–Crippen LogP) is 5.98. The fourth-order valence-corrected chi connectivity index (χ4v) is 4.04. The van der Waals surface area contributed by atoms with Crippen LogP contribution >= 0.6 is 47.1 Å². The van der Waals surface area contributed by atoms with Crippen molar-refractivity contribution in [3.05, 3.63) is 53.2 Å². The smallest absolute Gasteiger partial charge is 0.446 e. The van der Waals surface area contributed by atoms with E-state index in [1.807, 2.05) is 0 Å². The molecule has 0 saturated heterocycles. The summed E-state index contributed by atoms with van der Waals surface area (Å²) >= 11 is 11.8. The normalized spacial score (nSPS) is 11.2. The number of anilines is 2. The van der Waals surface area contributed by atoms with E-state index in [1.165, 1.54) is 18.2 Å². The molecule has 13 heteroatoms. The Morgan fingerprint density at radius 2 is 1.77 bits per heavy atom. The van der Waals surface area contributed by atoms with Gasteiger partial charge in [-0.1, -0.05) is 28.2 Å². The van der Waals surface area contributed by atoms with Crippen molar-refractivity contribution in [2.24, 2.45) is 0 Å². The number of hydrogen-bond donors (Lipinski definition) is 3. The molecule has 0 atom stereocenters. The van der Waals surface area contributed by atoms with E-state index in [0.717, 1.165) is 11.5 Å². The van der Waals surface area contributed by atoms with Gasteiger partial charge in [-0.3, -0.25) is 0 Å². The van der Waals surface area contributed by atoms with Gasteiger partial charge in [-0.05, 0) is 71.4 Å². The molecular formula is C17H10ClF3N4O2S3. The molecule has 0 amide bonds. The van der Waals surface area contributed by atoms with Gasteiger partial charge in [0, 0.05) is 16.3 Å². The lowest BCUT2D eigenvalue weighted by molar-refractivity contribution is -0.0328. The van der Waals surface area contributed by atoms with Gasteiger partial charge in [-0.2, -0.15) is 13.2 Å². The van der Waals surface area contributed by atoms with E-state index in [2.05, 4.69) is 20.2 Å². The van der Waals surface area contributed by atoms with Crippen molar-refractivity contribution in [1.29, 1.82) is 0 Å². The zero-order valence-corrected chi connectivity index (χ0v) is 17.7. The highest BCUT2D eigenvalue weighted by Crippen LogP contribution is 2.41. The molecule has 0 unspecified atom stereocenters. The fourth-order valence-electron chi connectivity index (χ4n) is 2.30. The summed E-state index contributed by atoms with van der Waals surface area (Å²) in [4.78, 5) is 11.5. The number of nitrogens with zero attached hydrogens (tertiary/aromatic N) is 2. The van der Waals surface area contributed by atoms with E-state index in [-0.39, 0.29) is 32.5 Å². The second-order valence-corrected chi connectivity index (χ2v) is 8.28. The molecule has 6 nitrogen and oxygen atoms in total. The van der Waals surface area contributed by atoms with Gasteiger partial charge < -0.3 is 15.7 Å². The second-order valence-electron chi connectivity index (χ2n) is 5.61. The Bertz CT molecular complexity index is 1090. The van der Waals surface area contributed by atoms with Gasteiger partial charge in [0.15, 0.2) is 10.8 Å². The molecule has 0 aliphatic carbocycles. The summed E-state index contributed by atoms with van der Waals surface area (Å²) in [5, 5.41) is 18.6. The molecule has 1 aromatic heterocycles. The first-order valence-corrected chi connectivity index (χ1v) is 10.3. The SMILES string of the molecule is O=C(O)c1nnsc1-c1ccc(NC(=S)Nc2ccc(SC(F)(F)F)c(Cl)c2)cc1. The van der Waals surface area contributed by atoms with Gasteiger partial charge in [0.05, 0.1) is 9.90 Å². The quantitative estimate of drug-likeness (QED) is 0.297. The highest BCUT2D eigenvalue weighted by Gasteiger charge is 2.30. The lowest BCUT2D eigenvalue weighted by Crippen LogP contribution is -2.19. The van der Waals surface area contributed by atoms with Crippen molar-refractivity contribution >= 4 is 69.6 Å². The number of alkyl halides is 3. The molecule has 0 aliphatic rings. The maximum atomic E-state index is 12.5. The van der Waals surface area contributed by atoms with E-state index in [1.54, 1.807) is 24.3 Å². The van der Waals surface area contributed by atoms with E-state index < -0.39 is 11.5 Å². The lowest BCUT2D eigenvalue weighted by Gasteiger charge is -2.13. The number of carboxylic acid groups (broad SMARTS) is 1. The van der Waals surface area contributed by atoms with Crippen LogP contribution in [0, 0.1) is 0 Å². The van der Waals surface area contributed by atoms with Crippen molar-refractivity contribution in [3.8, 4) is 10.4 Å². The maximum Gasteiger partial charge on any atom is 0.446 e. The number of aromatic carboxylic acids is 1. The molecule has 0 radical (unpaired) electrons. The van der Waals surface area contributed by atoms with Gasteiger partial charge in [-0.15, -0.1) is 5.10 Å². The Balaban J connectivity index is 1.64. The topological polar surface area (TPSA) is 87.1 Å². The molecule has 0 aliphatic heterocycles. The molecule has 156 valence electrons. The summed E-state index contributed by atoms with van der Waals surface area (Å²) < 4.78 is 41.1. The molecule has 3 N–H and O–H groups in total. The van der Waals surface area contributed by atoms with E-state index in [9.17, 15) is 18.0 Å². The zero-order valence-electron chi connectivity index (χ0n) is 14.5. The fraction of sp³-hybridized carbons (Fsp3) is 0.0588. The largest absolute Gasteiger partial charge is 0.476 e. The van der Waals surface area contributed by atoms with Crippen molar-refractivity contribution in [2.45, 2.75) is 10.4 Å². The number of thioether (sulfide) groups is 1. The molecular weight excluding hydrogens is 481 g/mol. The number of benzene rings is 2. The van der Waals surface area contributed by atoms with Crippen LogP contribution in [0.5, 0.6) is 0 Å². The summed E-state index contributed by atoms with van der Waals surface area (Å²) in [5.41, 5.74) is -2.89. The van der Waals surface area contributed by atoms with Crippen LogP contribution in [0.3, 0.4) is 0 Å². The Labute approximate surface area is 186 Å². The molecule has 1 heterocycles. The Hall–Kier alpha value is -2.41. The third-order valence-corrected chi connectivity index (χ3v) is 5.72. The third kappa shape index (κ3) is 5.81. The Morgan fingerprint density at radius 3 is 2.37 bits per heavy atom. The first kappa shape index (κ1) is 22.3. The van der Waals surface area contributed by atoms with Crippen molar-refractivity contribution in [2.75, 3.05) is 10.6 Å². The van der Waals surface area contributed by atoms with Crippen molar-refractivity contribution < 1.29 is 23.1 Å². The van der Waals surface area contributed by atoms with Gasteiger partial charge in [0.25, 0.3) is 0 Å². The van der Waals surface area contributed by atoms with E-state index in [4.69, 9.17) is 28.9 Å². The number of aromatic nitrogens is 2. The summed E-state index contributed by atoms with van der Waals surface area (Å²) in [6.07, 6.45) is 0. The number of nitrogens with one attached hydrogen (secondary N) is 2. The first-order chi connectivity index (χ1) is 14.1. The van der Waals surface area contributed by atoms with Crippen LogP contribution in [0.15, 0.2) is 47.4 Å². The standard InChI is InChI=1S/C17H10ClF3N4O2S3/c18-11-7-10(5-6-12(11)29-17(19,20)21)23-16(28)22-9-3-1-8(2-4-9)14-13(15(26)27)24-25-30-14/h1-7H,(H,26,27)(H2,22,23,28). The molecule has 3 rings (SSSR count). The highest BCUT2D eigenvalue weighted by atomic mass is 35.5. The average molecular weight is 491 g/mol. The number of rotatable bonds is 5. The predicted molar refractivity (Wildman–Crippen MR) is 116 cm³/mol. The number of carbonyl (C=O) groups is 1. The minimum atomic E-state index is -4.43. The number of thiocarbonyl (C=S) groups is 1. The van der Waals surface area contributed by atoms with E-state index in [0.29, 0.717) is 21.8 Å². The van der Waals surface area contributed by atoms with Gasteiger partial charge in [0.1, 0.15) is 0 Å². The Morgan fingerprint density at radius 1 is 1.13 bits per heavy atom. The van der Waals surface area contributed by atoms with Gasteiger partial charge in [-0.25, -0.2) is 4.79 Å². The molecule has 0 fully saturated rings. The van der Waals surface area contributed by atoms with Crippen LogP contribution in [0.1, 0.15) is 10.5 Å². The highest BCUT2D eigenvalue weighted by molar-refractivity contribution is 8.00. The van der Waals surface area contributed by atoms with Crippen LogP contribution in [-0.4, -0.2) is 31.3 Å². The van der Waals surface area contributed by atoms with Crippen LogP contribution in [0.25, 0.3) is 10.4 Å². The van der Waals surface area contributed by atoms with Crippen molar-refractivity contribution in [3.63, 3.8) is 0 Å². The van der Waals surface area contributed by atoms with E-state index >= 15 is 0 Å². The minimum Gasteiger partial charge on any atom is -0.476 e. The zero-order chi connectivity index (χ0) is 21.9. The van der Waals surface area contributed by atoms with Gasteiger partial charge in [0.2, 0.25) is 0 Å². The molecule has 2 aromatic carbocycles. The van der Waals surface area contributed by atoms with Gasteiger partial charge >= 0.3 is 11.5 Å². The van der Waals surface area contributed by atoms with Crippen LogP contribution in [0.2, 0.25) is 5.02 Å². The summed E-state index contributed by atoms with van der Waals surface area (Å²) in [6.45, 7) is 0. The third-order valence-electron chi connectivity index (χ3n) is 3.51. The average Bonchev–Trinajstić information content (AvgIpc) is 3.14. The van der Waals surface area contributed by atoms with Crippen molar-refractivity contribution in [1.82, 2.24) is 9.59 Å². The monoisotopic (exact) mass is 490 g/mol. The number of halogens is 4. The minimum absolute atomic E-state index is 0.0538. The van der Waals surface area contributed by atoms with Crippen LogP contribution in [-0.2, 0) is 0 Å². The second kappa shape index (κ2) is 9.16. The molecule has 0 saturated carbocycles. The summed E-state index contributed by atoms with van der Waals surface area (Å²) in [5.74, 6) is -1.16.